The molecule has 1 atom stereocenters. The Morgan fingerprint density at radius 1 is 1.25 bits per heavy atom. The SMILES string of the molecule is C[C@@H](c1ccncc1)N(C)Cc1cnn(C(C)(C)C)c1. The first-order valence-electron chi connectivity index (χ1n) is 7.02. The Morgan fingerprint density at radius 2 is 1.90 bits per heavy atom. The van der Waals surface area contributed by atoms with Crippen LogP contribution in [0.2, 0.25) is 0 Å². The number of hydrogen-bond donors (Lipinski definition) is 0. The van der Waals surface area contributed by atoms with E-state index in [1.165, 1.54) is 11.1 Å². The summed E-state index contributed by atoms with van der Waals surface area (Å²) in [6.07, 6.45) is 7.78. The first kappa shape index (κ1) is 14.7. The van der Waals surface area contributed by atoms with Crippen LogP contribution >= 0.6 is 0 Å². The van der Waals surface area contributed by atoms with Crippen molar-refractivity contribution in [2.45, 2.75) is 45.8 Å². The van der Waals surface area contributed by atoms with Gasteiger partial charge in [0.05, 0.1) is 11.7 Å². The fraction of sp³-hybridized carbons (Fsp3) is 0.500. The summed E-state index contributed by atoms with van der Waals surface area (Å²) in [6.45, 7) is 9.58. The topological polar surface area (TPSA) is 34.0 Å². The molecular weight excluding hydrogens is 248 g/mol. The third-order valence-electron chi connectivity index (χ3n) is 3.61. The highest BCUT2D eigenvalue weighted by atomic mass is 15.3. The van der Waals surface area contributed by atoms with Gasteiger partial charge in [0.25, 0.3) is 0 Å². The highest BCUT2D eigenvalue weighted by Crippen LogP contribution is 2.20. The molecule has 0 amide bonds. The molecule has 2 aromatic rings. The van der Waals surface area contributed by atoms with Gasteiger partial charge in [-0.05, 0) is 52.4 Å². The van der Waals surface area contributed by atoms with Crippen LogP contribution in [0, 0.1) is 0 Å². The maximum atomic E-state index is 4.45. The lowest BCUT2D eigenvalue weighted by atomic mass is 10.1. The maximum Gasteiger partial charge on any atom is 0.0543 e. The van der Waals surface area contributed by atoms with Crippen LogP contribution in [-0.2, 0) is 12.1 Å². The Hall–Kier alpha value is -1.68. The van der Waals surface area contributed by atoms with Crippen LogP contribution in [0.3, 0.4) is 0 Å². The molecule has 0 bridgehead atoms. The summed E-state index contributed by atoms with van der Waals surface area (Å²) in [5.41, 5.74) is 2.56. The lowest BCUT2D eigenvalue weighted by Crippen LogP contribution is -2.23. The first-order valence-corrected chi connectivity index (χ1v) is 7.02. The Kier molecular flexibility index (Phi) is 4.23. The van der Waals surface area contributed by atoms with Crippen molar-refractivity contribution < 1.29 is 0 Å². The van der Waals surface area contributed by atoms with Crippen LogP contribution in [0.4, 0.5) is 0 Å². The Bertz CT molecular complexity index is 539. The zero-order valence-corrected chi connectivity index (χ0v) is 13.0. The van der Waals surface area contributed by atoms with Crippen molar-refractivity contribution in [3.63, 3.8) is 0 Å². The molecule has 0 N–H and O–H groups in total. The third-order valence-corrected chi connectivity index (χ3v) is 3.61. The van der Waals surface area contributed by atoms with Gasteiger partial charge in [-0.3, -0.25) is 14.6 Å². The van der Waals surface area contributed by atoms with Crippen molar-refractivity contribution in [3.8, 4) is 0 Å². The highest BCUT2D eigenvalue weighted by Gasteiger charge is 2.16. The molecule has 0 aliphatic rings. The zero-order chi connectivity index (χ0) is 14.8. The molecule has 4 nitrogen and oxygen atoms in total. The molecule has 2 heterocycles. The van der Waals surface area contributed by atoms with E-state index in [0.717, 1.165) is 6.54 Å². The molecule has 0 fully saturated rings. The molecule has 0 aliphatic heterocycles. The van der Waals surface area contributed by atoms with Crippen LogP contribution in [-0.4, -0.2) is 26.7 Å². The van der Waals surface area contributed by atoms with Crippen molar-refractivity contribution in [2.75, 3.05) is 7.05 Å². The molecule has 2 rings (SSSR count). The number of aromatic nitrogens is 3. The van der Waals surface area contributed by atoms with Crippen molar-refractivity contribution in [1.29, 1.82) is 0 Å². The maximum absolute atomic E-state index is 4.45. The average Bonchev–Trinajstić information content (AvgIpc) is 2.87. The minimum Gasteiger partial charge on any atom is -0.295 e. The monoisotopic (exact) mass is 272 g/mol. The van der Waals surface area contributed by atoms with E-state index in [-0.39, 0.29) is 5.54 Å². The summed E-state index contributed by atoms with van der Waals surface area (Å²) in [5.74, 6) is 0. The second kappa shape index (κ2) is 5.75. The zero-order valence-electron chi connectivity index (χ0n) is 13.0. The normalized spacial score (nSPS) is 13.7. The fourth-order valence-corrected chi connectivity index (χ4v) is 2.13. The van der Waals surface area contributed by atoms with Crippen LogP contribution in [0.1, 0.15) is 44.9 Å². The van der Waals surface area contributed by atoms with E-state index in [1.807, 2.05) is 23.3 Å². The summed E-state index contributed by atoms with van der Waals surface area (Å²) >= 11 is 0. The average molecular weight is 272 g/mol. The van der Waals surface area contributed by atoms with Crippen LogP contribution in [0.5, 0.6) is 0 Å². The summed E-state index contributed by atoms with van der Waals surface area (Å²) < 4.78 is 2.02. The van der Waals surface area contributed by atoms with Gasteiger partial charge in [-0.1, -0.05) is 0 Å². The van der Waals surface area contributed by atoms with Gasteiger partial charge < -0.3 is 0 Å². The molecule has 0 aliphatic carbocycles. The van der Waals surface area contributed by atoms with E-state index in [1.54, 1.807) is 0 Å². The van der Waals surface area contributed by atoms with Crippen LogP contribution < -0.4 is 0 Å². The second-order valence-corrected chi connectivity index (χ2v) is 6.34. The highest BCUT2D eigenvalue weighted by molar-refractivity contribution is 5.15. The summed E-state index contributed by atoms with van der Waals surface area (Å²) in [5, 5.41) is 4.45. The molecular formula is C16H24N4. The van der Waals surface area contributed by atoms with Gasteiger partial charge in [0.1, 0.15) is 0 Å². The summed E-state index contributed by atoms with van der Waals surface area (Å²) in [6, 6.07) is 4.50. The van der Waals surface area contributed by atoms with Gasteiger partial charge in [-0.2, -0.15) is 5.10 Å². The molecule has 108 valence electrons. The smallest absolute Gasteiger partial charge is 0.0543 e. The molecule has 4 heteroatoms. The number of nitrogens with zero attached hydrogens (tertiary/aromatic N) is 4. The summed E-state index contributed by atoms with van der Waals surface area (Å²) in [4.78, 5) is 6.39. The third kappa shape index (κ3) is 3.45. The Morgan fingerprint density at radius 3 is 2.45 bits per heavy atom. The number of pyridine rings is 1. The standard InChI is InChI=1S/C16H24N4/c1-13(15-6-8-17-9-7-15)19(5)11-14-10-18-20(12-14)16(2,3)4/h6-10,12-13H,11H2,1-5H3/t13-/m0/s1. The van der Waals surface area contributed by atoms with Gasteiger partial charge in [0.2, 0.25) is 0 Å². The number of hydrogen-bond acceptors (Lipinski definition) is 3. The van der Waals surface area contributed by atoms with E-state index in [4.69, 9.17) is 0 Å². The van der Waals surface area contributed by atoms with E-state index in [9.17, 15) is 0 Å². The first-order chi connectivity index (χ1) is 9.38. The van der Waals surface area contributed by atoms with E-state index in [0.29, 0.717) is 6.04 Å². The summed E-state index contributed by atoms with van der Waals surface area (Å²) in [7, 11) is 2.14. The quantitative estimate of drug-likeness (QED) is 0.857. The fourth-order valence-electron chi connectivity index (χ4n) is 2.13. The number of rotatable bonds is 4. The minimum absolute atomic E-state index is 0.0353. The molecule has 0 aromatic carbocycles. The van der Waals surface area contributed by atoms with Gasteiger partial charge in [-0.15, -0.1) is 0 Å². The predicted molar refractivity (Wildman–Crippen MR) is 81.3 cm³/mol. The van der Waals surface area contributed by atoms with Crippen molar-refractivity contribution >= 4 is 0 Å². The van der Waals surface area contributed by atoms with Crippen molar-refractivity contribution in [3.05, 3.63) is 48.0 Å². The molecule has 2 aromatic heterocycles. The van der Waals surface area contributed by atoms with E-state index >= 15 is 0 Å². The van der Waals surface area contributed by atoms with E-state index < -0.39 is 0 Å². The van der Waals surface area contributed by atoms with Gasteiger partial charge in [-0.25, -0.2) is 0 Å². The lowest BCUT2D eigenvalue weighted by Gasteiger charge is -2.24. The predicted octanol–water partition coefficient (Wildman–Crippen LogP) is 3.23. The molecule has 0 saturated carbocycles. The van der Waals surface area contributed by atoms with Crippen molar-refractivity contribution in [2.24, 2.45) is 0 Å². The molecule has 0 radical (unpaired) electrons. The molecule has 0 unspecified atom stereocenters. The van der Waals surface area contributed by atoms with Gasteiger partial charge in [0.15, 0.2) is 0 Å². The minimum atomic E-state index is 0.0353. The van der Waals surface area contributed by atoms with Crippen LogP contribution in [0.25, 0.3) is 0 Å². The van der Waals surface area contributed by atoms with Crippen molar-refractivity contribution in [1.82, 2.24) is 19.7 Å². The lowest BCUT2D eigenvalue weighted by molar-refractivity contribution is 0.252. The largest absolute Gasteiger partial charge is 0.295 e. The van der Waals surface area contributed by atoms with Gasteiger partial charge in [0, 0.05) is 36.7 Å². The van der Waals surface area contributed by atoms with Crippen LogP contribution in [0.15, 0.2) is 36.9 Å². The Labute approximate surface area is 121 Å². The molecule has 0 saturated heterocycles. The van der Waals surface area contributed by atoms with E-state index in [2.05, 4.69) is 68.1 Å². The molecule has 0 spiro atoms. The Balaban J connectivity index is 2.04. The van der Waals surface area contributed by atoms with Gasteiger partial charge >= 0.3 is 0 Å². The second-order valence-electron chi connectivity index (χ2n) is 6.34. The molecule has 20 heavy (non-hydrogen) atoms.